The zero-order valence-electron chi connectivity index (χ0n) is 13.3. The highest BCUT2D eigenvalue weighted by Crippen LogP contribution is 2.22. The van der Waals surface area contributed by atoms with E-state index >= 15 is 0 Å². The Bertz CT molecular complexity index is 638. The topological polar surface area (TPSA) is 50.4 Å². The molecule has 2 aromatic rings. The first-order valence-corrected chi connectivity index (χ1v) is 8.28. The number of aliphatic imine (C=N–C) groups is 1. The summed E-state index contributed by atoms with van der Waals surface area (Å²) < 4.78 is 0. The van der Waals surface area contributed by atoms with Crippen molar-refractivity contribution in [3.05, 3.63) is 59.7 Å². The van der Waals surface area contributed by atoms with Crippen molar-refractivity contribution in [2.45, 2.75) is 30.9 Å². The Morgan fingerprint density at radius 2 is 1.86 bits per heavy atom. The van der Waals surface area contributed by atoms with Crippen LogP contribution in [-0.4, -0.2) is 17.8 Å². The zero-order valence-corrected chi connectivity index (χ0v) is 14.2. The molecule has 0 radical (unpaired) electrons. The van der Waals surface area contributed by atoms with Gasteiger partial charge in [-0.3, -0.25) is 4.99 Å². The summed E-state index contributed by atoms with van der Waals surface area (Å²) in [4.78, 5) is 5.69. The third-order valence-electron chi connectivity index (χ3n) is 3.38. The maximum atomic E-state index is 5.97. The minimum atomic E-state index is 0.377. The summed E-state index contributed by atoms with van der Waals surface area (Å²) >= 11 is 1.81. The lowest BCUT2D eigenvalue weighted by Crippen LogP contribution is -2.24. The molecule has 0 bridgehead atoms. The molecular weight excluding hydrogens is 290 g/mol. The summed E-state index contributed by atoms with van der Waals surface area (Å²) in [6.07, 6.45) is 0. The number of nitrogens with one attached hydrogen (secondary N) is 1. The summed E-state index contributed by atoms with van der Waals surface area (Å²) in [6, 6.07) is 16.5. The van der Waals surface area contributed by atoms with Gasteiger partial charge in [-0.1, -0.05) is 31.2 Å². The number of aryl methyl sites for hydroxylation is 2. The molecule has 0 fully saturated rings. The van der Waals surface area contributed by atoms with Gasteiger partial charge in [-0.05, 0) is 49.2 Å². The molecular formula is C18H23N3S. The Labute approximate surface area is 137 Å². The lowest BCUT2D eigenvalue weighted by molar-refractivity contribution is 0.948. The van der Waals surface area contributed by atoms with Gasteiger partial charge in [0.15, 0.2) is 5.96 Å². The lowest BCUT2D eigenvalue weighted by atomic mass is 10.1. The molecule has 0 aromatic heterocycles. The average Bonchev–Trinajstić information content (AvgIpc) is 2.50. The first-order valence-electron chi connectivity index (χ1n) is 7.40. The van der Waals surface area contributed by atoms with Gasteiger partial charge < -0.3 is 11.1 Å². The van der Waals surface area contributed by atoms with Gasteiger partial charge in [0, 0.05) is 15.8 Å². The molecule has 2 aromatic carbocycles. The minimum absolute atomic E-state index is 0.377. The molecule has 22 heavy (non-hydrogen) atoms. The quantitative estimate of drug-likeness (QED) is 0.494. The summed E-state index contributed by atoms with van der Waals surface area (Å²) in [5.41, 5.74) is 9.46. The highest BCUT2D eigenvalue weighted by molar-refractivity contribution is 8.00. The van der Waals surface area contributed by atoms with Gasteiger partial charge in [0.25, 0.3) is 0 Å². The van der Waals surface area contributed by atoms with E-state index in [1.165, 1.54) is 16.0 Å². The predicted molar refractivity (Wildman–Crippen MR) is 97.8 cm³/mol. The molecule has 0 aliphatic rings. The number of nitrogens with two attached hydrogens (primary N) is 1. The largest absolute Gasteiger partial charge is 0.370 e. The highest BCUT2D eigenvalue weighted by atomic mass is 32.2. The van der Waals surface area contributed by atoms with Crippen molar-refractivity contribution in [2.75, 3.05) is 11.9 Å². The Morgan fingerprint density at radius 3 is 2.55 bits per heavy atom. The predicted octanol–water partition coefficient (Wildman–Crippen LogP) is 4.21. The second-order valence-corrected chi connectivity index (χ2v) is 6.90. The molecule has 2 rings (SSSR count). The summed E-state index contributed by atoms with van der Waals surface area (Å²) in [6.45, 7) is 7.03. The van der Waals surface area contributed by atoms with E-state index in [-0.39, 0.29) is 0 Å². The first kappa shape index (κ1) is 16.4. The molecule has 1 unspecified atom stereocenters. The van der Waals surface area contributed by atoms with E-state index in [2.05, 4.69) is 55.3 Å². The van der Waals surface area contributed by atoms with E-state index in [1.54, 1.807) is 11.8 Å². The minimum Gasteiger partial charge on any atom is -0.370 e. The van der Waals surface area contributed by atoms with Crippen molar-refractivity contribution in [1.82, 2.24) is 0 Å². The van der Waals surface area contributed by atoms with Crippen LogP contribution in [0.2, 0.25) is 0 Å². The lowest BCUT2D eigenvalue weighted by Gasteiger charge is -2.11. The number of rotatable bonds is 5. The van der Waals surface area contributed by atoms with Gasteiger partial charge in [0.2, 0.25) is 0 Å². The molecule has 0 aliphatic heterocycles. The Hall–Kier alpha value is -1.94. The number of guanidine groups is 1. The average molecular weight is 313 g/mol. The van der Waals surface area contributed by atoms with Crippen molar-refractivity contribution >= 4 is 23.4 Å². The van der Waals surface area contributed by atoms with E-state index in [4.69, 9.17) is 5.73 Å². The van der Waals surface area contributed by atoms with Crippen LogP contribution in [0.1, 0.15) is 18.1 Å². The van der Waals surface area contributed by atoms with Crippen molar-refractivity contribution in [3.8, 4) is 0 Å². The standard InChI is InChI=1S/C18H23N3S/c1-13-9-10-16(11-14(13)2)21-18(19)20-12-15(3)22-17-7-5-4-6-8-17/h4-11,15H,12H2,1-3H3,(H3,19,20,21). The van der Waals surface area contributed by atoms with Crippen LogP contribution >= 0.6 is 11.8 Å². The van der Waals surface area contributed by atoms with Gasteiger partial charge in [0.05, 0.1) is 6.54 Å². The van der Waals surface area contributed by atoms with Gasteiger partial charge >= 0.3 is 0 Å². The van der Waals surface area contributed by atoms with Gasteiger partial charge in [-0.2, -0.15) is 0 Å². The Balaban J connectivity index is 1.87. The van der Waals surface area contributed by atoms with E-state index < -0.39 is 0 Å². The first-order chi connectivity index (χ1) is 10.5. The summed E-state index contributed by atoms with van der Waals surface area (Å²) in [7, 11) is 0. The molecule has 4 heteroatoms. The molecule has 0 saturated heterocycles. The van der Waals surface area contributed by atoms with E-state index in [9.17, 15) is 0 Å². The Morgan fingerprint density at radius 1 is 1.14 bits per heavy atom. The van der Waals surface area contributed by atoms with Crippen molar-refractivity contribution in [1.29, 1.82) is 0 Å². The van der Waals surface area contributed by atoms with Crippen LogP contribution in [0.25, 0.3) is 0 Å². The molecule has 0 saturated carbocycles. The van der Waals surface area contributed by atoms with Crippen molar-refractivity contribution in [2.24, 2.45) is 10.7 Å². The van der Waals surface area contributed by atoms with Crippen LogP contribution in [0.3, 0.4) is 0 Å². The van der Waals surface area contributed by atoms with Crippen molar-refractivity contribution < 1.29 is 0 Å². The maximum absolute atomic E-state index is 5.97. The third kappa shape index (κ3) is 5.11. The molecule has 0 heterocycles. The molecule has 3 N–H and O–H groups in total. The number of anilines is 1. The Kier molecular flexibility index (Phi) is 5.90. The van der Waals surface area contributed by atoms with Crippen LogP contribution in [0, 0.1) is 13.8 Å². The fraction of sp³-hybridized carbons (Fsp3) is 0.278. The van der Waals surface area contributed by atoms with E-state index in [0.717, 1.165) is 5.69 Å². The van der Waals surface area contributed by atoms with Gasteiger partial charge in [0.1, 0.15) is 0 Å². The molecule has 0 spiro atoms. The smallest absolute Gasteiger partial charge is 0.193 e. The second-order valence-electron chi connectivity index (χ2n) is 5.39. The fourth-order valence-corrected chi connectivity index (χ4v) is 2.93. The van der Waals surface area contributed by atoms with Crippen molar-refractivity contribution in [3.63, 3.8) is 0 Å². The molecule has 0 amide bonds. The van der Waals surface area contributed by atoms with E-state index in [1.807, 2.05) is 24.3 Å². The van der Waals surface area contributed by atoms with Crippen LogP contribution in [0.4, 0.5) is 5.69 Å². The fourth-order valence-electron chi connectivity index (χ4n) is 2.00. The molecule has 0 aliphatic carbocycles. The molecule has 116 valence electrons. The number of thioether (sulfide) groups is 1. The molecule has 1 atom stereocenters. The number of benzene rings is 2. The normalized spacial score (nSPS) is 13.0. The van der Waals surface area contributed by atoms with E-state index in [0.29, 0.717) is 17.8 Å². The number of hydrogen-bond donors (Lipinski definition) is 2. The van der Waals surface area contributed by atoms with Crippen LogP contribution in [0.5, 0.6) is 0 Å². The maximum Gasteiger partial charge on any atom is 0.193 e. The summed E-state index contributed by atoms with van der Waals surface area (Å²) in [5, 5.41) is 3.52. The zero-order chi connectivity index (χ0) is 15.9. The van der Waals surface area contributed by atoms with Gasteiger partial charge in [-0.15, -0.1) is 11.8 Å². The summed E-state index contributed by atoms with van der Waals surface area (Å²) in [5.74, 6) is 0.462. The van der Waals surface area contributed by atoms with Crippen LogP contribution in [0.15, 0.2) is 58.4 Å². The monoisotopic (exact) mass is 313 g/mol. The molecule has 3 nitrogen and oxygen atoms in total. The highest BCUT2D eigenvalue weighted by Gasteiger charge is 2.04. The van der Waals surface area contributed by atoms with Crippen LogP contribution < -0.4 is 11.1 Å². The third-order valence-corrected chi connectivity index (χ3v) is 4.47. The number of nitrogens with zero attached hydrogens (tertiary/aromatic N) is 1. The second kappa shape index (κ2) is 7.90. The van der Waals surface area contributed by atoms with Crippen LogP contribution in [-0.2, 0) is 0 Å². The SMILES string of the molecule is Cc1ccc(NC(N)=NCC(C)Sc2ccccc2)cc1C. The number of hydrogen-bond acceptors (Lipinski definition) is 2. The van der Waals surface area contributed by atoms with Gasteiger partial charge in [-0.25, -0.2) is 0 Å².